The largest absolute Gasteiger partial charge is 0.287 e. The highest BCUT2D eigenvalue weighted by Crippen LogP contribution is 2.01. The lowest BCUT2D eigenvalue weighted by Crippen LogP contribution is -2.02. The van der Waals surface area contributed by atoms with E-state index in [0.29, 0.717) is 12.5 Å². The van der Waals surface area contributed by atoms with Crippen LogP contribution in [0, 0.1) is 16.2 Å². The molecule has 0 N–H and O–H groups in total. The summed E-state index contributed by atoms with van der Waals surface area (Å²) in [5.74, 6) is 0. The molecule has 0 unspecified atom stereocenters. The van der Waals surface area contributed by atoms with Crippen molar-refractivity contribution in [3.05, 3.63) is 16.2 Å². The van der Waals surface area contributed by atoms with Crippen LogP contribution in [0.3, 0.4) is 0 Å². The molecule has 0 saturated carbocycles. The molecule has 0 aliphatic heterocycles. The summed E-state index contributed by atoms with van der Waals surface area (Å²) in [6.07, 6.45) is 0.535. The second kappa shape index (κ2) is 2.55. The zero-order chi connectivity index (χ0) is 5.86. The summed E-state index contributed by atoms with van der Waals surface area (Å²) in [5.41, 5.74) is 0. The van der Waals surface area contributed by atoms with Gasteiger partial charge in [0.2, 0.25) is 0 Å². The molecule has 3 heteroatoms. The smallest absolute Gasteiger partial charge is 0.264 e. The van der Waals surface area contributed by atoms with Crippen molar-refractivity contribution in [2.24, 2.45) is 0 Å². The maximum absolute atomic E-state index is 9.70. The highest BCUT2D eigenvalue weighted by molar-refractivity contribution is 4.63. The first-order valence-electron chi connectivity index (χ1n) is 2.15. The molecule has 0 aromatic rings. The summed E-state index contributed by atoms with van der Waals surface area (Å²) in [4.78, 5) is 9.34. The van der Waals surface area contributed by atoms with Gasteiger partial charge in [0.05, 0.1) is 0 Å². The van der Waals surface area contributed by atoms with Gasteiger partial charge in [0.15, 0.2) is 0 Å². The Kier molecular flexibility index (Phi) is 2.33. The number of hydrogen-bond donors (Lipinski definition) is 0. The molecule has 0 aliphatic rings. The quantitative estimate of drug-likeness (QED) is 0.388. The third-order valence-electron chi connectivity index (χ3n) is 0.823. The van der Waals surface area contributed by atoms with Crippen LogP contribution in [-0.4, -0.2) is 4.92 Å². The van der Waals surface area contributed by atoms with E-state index >= 15 is 0 Å². The van der Waals surface area contributed by atoms with Crippen LogP contribution < -0.4 is 0 Å². The normalized spacial score (nSPS) is 9.57. The van der Waals surface area contributed by atoms with Crippen molar-refractivity contribution in [2.75, 3.05) is 0 Å². The van der Waals surface area contributed by atoms with Gasteiger partial charge in [-0.25, -0.2) is 0 Å². The first kappa shape index (κ1) is 6.40. The summed E-state index contributed by atoms with van der Waals surface area (Å²) in [6.45, 7) is 3.28. The number of nitro groups is 1. The van der Waals surface area contributed by atoms with Crippen LogP contribution in [0.25, 0.3) is 0 Å². The molecular formula is C4H8NO2. The Labute approximate surface area is 42.5 Å². The van der Waals surface area contributed by atoms with Crippen LogP contribution in [0.2, 0.25) is 0 Å². The van der Waals surface area contributed by atoms with Crippen molar-refractivity contribution in [1.29, 1.82) is 0 Å². The van der Waals surface area contributed by atoms with Gasteiger partial charge in [0.25, 0.3) is 6.04 Å². The van der Waals surface area contributed by atoms with Crippen molar-refractivity contribution in [3.63, 3.8) is 0 Å². The highest BCUT2D eigenvalue weighted by atomic mass is 16.6. The van der Waals surface area contributed by atoms with E-state index in [9.17, 15) is 10.1 Å². The average Bonchev–Trinajstić information content (AvgIpc) is 1.65. The maximum atomic E-state index is 9.70. The predicted molar refractivity (Wildman–Crippen MR) is 26.2 cm³/mol. The fourth-order valence-electron chi connectivity index (χ4n) is 0.129. The van der Waals surface area contributed by atoms with Gasteiger partial charge < -0.3 is 0 Å². The van der Waals surface area contributed by atoms with Crippen molar-refractivity contribution >= 4 is 0 Å². The Morgan fingerprint density at radius 2 is 2.29 bits per heavy atom. The third kappa shape index (κ3) is 2.14. The van der Waals surface area contributed by atoms with Crippen molar-refractivity contribution in [2.45, 2.75) is 20.3 Å². The monoisotopic (exact) mass is 102 g/mol. The van der Waals surface area contributed by atoms with Crippen LogP contribution in [0.1, 0.15) is 20.3 Å². The van der Waals surface area contributed by atoms with Crippen LogP contribution >= 0.6 is 0 Å². The summed E-state index contributed by atoms with van der Waals surface area (Å²) in [7, 11) is 0. The van der Waals surface area contributed by atoms with Gasteiger partial charge in [0, 0.05) is 18.3 Å². The first-order valence-corrected chi connectivity index (χ1v) is 2.15. The predicted octanol–water partition coefficient (Wildman–Crippen LogP) is 1.22. The lowest BCUT2D eigenvalue weighted by molar-refractivity contribution is -0.465. The molecule has 1 radical (unpaired) electrons. The SMILES string of the molecule is CC[C](C)[N+](=O)[O-]. The molecule has 41 valence electrons. The summed E-state index contributed by atoms with van der Waals surface area (Å²) >= 11 is 0. The van der Waals surface area contributed by atoms with E-state index in [-0.39, 0.29) is 4.92 Å². The van der Waals surface area contributed by atoms with Gasteiger partial charge in [0.1, 0.15) is 0 Å². The molecule has 0 rings (SSSR count). The molecule has 0 aromatic carbocycles. The molecule has 0 saturated heterocycles. The van der Waals surface area contributed by atoms with E-state index in [2.05, 4.69) is 0 Å². The molecule has 7 heavy (non-hydrogen) atoms. The second-order valence-corrected chi connectivity index (χ2v) is 1.35. The van der Waals surface area contributed by atoms with Crippen LogP contribution in [-0.2, 0) is 0 Å². The Morgan fingerprint density at radius 1 is 1.86 bits per heavy atom. The molecule has 3 nitrogen and oxygen atoms in total. The van der Waals surface area contributed by atoms with Crippen molar-refractivity contribution < 1.29 is 4.92 Å². The highest BCUT2D eigenvalue weighted by Gasteiger charge is 2.10. The van der Waals surface area contributed by atoms with Crippen LogP contribution in [0.15, 0.2) is 0 Å². The van der Waals surface area contributed by atoms with Gasteiger partial charge in [-0.05, 0) is 0 Å². The fraction of sp³-hybridized carbons (Fsp3) is 0.750. The van der Waals surface area contributed by atoms with Gasteiger partial charge in [-0.15, -0.1) is 0 Å². The van der Waals surface area contributed by atoms with Gasteiger partial charge in [-0.1, -0.05) is 6.92 Å². The molecule has 0 aliphatic carbocycles. The van der Waals surface area contributed by atoms with Gasteiger partial charge in [-0.3, -0.25) is 10.1 Å². The van der Waals surface area contributed by atoms with E-state index in [4.69, 9.17) is 0 Å². The molecule has 0 atom stereocenters. The second-order valence-electron chi connectivity index (χ2n) is 1.35. The van der Waals surface area contributed by atoms with E-state index in [1.165, 1.54) is 6.92 Å². The van der Waals surface area contributed by atoms with E-state index in [0.717, 1.165) is 0 Å². The van der Waals surface area contributed by atoms with Crippen molar-refractivity contribution in [1.82, 2.24) is 0 Å². The molecule has 0 bridgehead atoms. The Balaban J connectivity index is 3.34. The lowest BCUT2D eigenvalue weighted by atomic mass is 10.3. The van der Waals surface area contributed by atoms with Crippen LogP contribution in [0.5, 0.6) is 0 Å². The zero-order valence-electron chi connectivity index (χ0n) is 4.47. The average molecular weight is 102 g/mol. The molecule has 0 spiro atoms. The standard InChI is InChI=1S/C4H8NO2/c1-3-4(2)5(6)7/h3H2,1-2H3. The third-order valence-corrected chi connectivity index (χ3v) is 0.823. The molecular weight excluding hydrogens is 94.0 g/mol. The minimum absolute atomic E-state index is 0.319. The van der Waals surface area contributed by atoms with Crippen molar-refractivity contribution in [3.8, 4) is 0 Å². The van der Waals surface area contributed by atoms with Crippen LogP contribution in [0.4, 0.5) is 0 Å². The lowest BCUT2D eigenvalue weighted by Gasteiger charge is -1.91. The Morgan fingerprint density at radius 3 is 2.29 bits per heavy atom. The molecule has 0 fully saturated rings. The zero-order valence-corrected chi connectivity index (χ0v) is 4.47. The topological polar surface area (TPSA) is 43.1 Å². The number of hydrogen-bond acceptors (Lipinski definition) is 2. The van der Waals surface area contributed by atoms with E-state index in [1.807, 2.05) is 0 Å². The summed E-state index contributed by atoms with van der Waals surface area (Å²) < 4.78 is 0. The summed E-state index contributed by atoms with van der Waals surface area (Å²) in [6, 6.07) is 0.319. The maximum Gasteiger partial charge on any atom is 0.287 e. The molecule has 0 heterocycles. The summed E-state index contributed by atoms with van der Waals surface area (Å²) in [5, 5.41) is 9.70. The van der Waals surface area contributed by atoms with Gasteiger partial charge in [-0.2, -0.15) is 0 Å². The van der Waals surface area contributed by atoms with Gasteiger partial charge >= 0.3 is 0 Å². The number of nitrogens with zero attached hydrogens (tertiary/aromatic N) is 1. The Hall–Kier alpha value is -0.600. The molecule has 0 aromatic heterocycles. The molecule has 0 amide bonds. The Bertz CT molecular complexity index is 72.1. The number of rotatable bonds is 2. The fourth-order valence-corrected chi connectivity index (χ4v) is 0.129. The van der Waals surface area contributed by atoms with E-state index < -0.39 is 0 Å². The minimum Gasteiger partial charge on any atom is -0.264 e. The first-order chi connectivity index (χ1) is 3.18. The minimum atomic E-state index is -0.361. The van der Waals surface area contributed by atoms with E-state index in [1.54, 1.807) is 6.92 Å².